The van der Waals surface area contributed by atoms with Gasteiger partial charge >= 0.3 is 6.61 Å². The highest BCUT2D eigenvalue weighted by Gasteiger charge is 2.23. The molecule has 1 amide bonds. The van der Waals surface area contributed by atoms with Crippen LogP contribution in [0.1, 0.15) is 38.8 Å². The van der Waals surface area contributed by atoms with Crippen LogP contribution in [0, 0.1) is 27.7 Å². The molecule has 0 atom stereocenters. The van der Waals surface area contributed by atoms with Crippen molar-refractivity contribution in [3.63, 3.8) is 0 Å². The second-order valence-electron chi connectivity index (χ2n) is 6.54. The lowest BCUT2D eigenvalue weighted by molar-refractivity contribution is -0.0494. The van der Waals surface area contributed by atoms with E-state index in [4.69, 9.17) is 16.1 Å². The van der Waals surface area contributed by atoms with Crippen molar-refractivity contribution in [2.75, 3.05) is 5.32 Å². The monoisotopic (exact) mass is 424 g/mol. The number of ether oxygens (including phenoxy) is 1. The van der Waals surface area contributed by atoms with Crippen LogP contribution in [0.3, 0.4) is 0 Å². The second-order valence-corrected chi connectivity index (χ2v) is 6.92. The fourth-order valence-corrected chi connectivity index (χ4v) is 2.98. The van der Waals surface area contributed by atoms with Crippen LogP contribution in [-0.4, -0.2) is 27.5 Å². The van der Waals surface area contributed by atoms with Crippen molar-refractivity contribution in [1.29, 1.82) is 0 Å². The van der Waals surface area contributed by atoms with E-state index >= 15 is 0 Å². The molecule has 0 bridgehead atoms. The molecule has 154 valence electrons. The molecule has 0 radical (unpaired) electrons. The molecule has 0 aliphatic carbocycles. The maximum atomic E-state index is 12.8. The van der Waals surface area contributed by atoms with E-state index in [-0.39, 0.29) is 23.7 Å². The van der Waals surface area contributed by atoms with Crippen LogP contribution in [0.15, 0.2) is 22.7 Å². The highest BCUT2D eigenvalue weighted by atomic mass is 35.5. The zero-order valence-corrected chi connectivity index (χ0v) is 17.0. The van der Waals surface area contributed by atoms with Crippen molar-refractivity contribution in [3.8, 4) is 5.75 Å². The molecule has 10 heteroatoms. The van der Waals surface area contributed by atoms with E-state index in [1.54, 1.807) is 31.5 Å². The molecule has 1 aromatic carbocycles. The lowest BCUT2D eigenvalue weighted by Gasteiger charge is -2.12. The summed E-state index contributed by atoms with van der Waals surface area (Å²) in [7, 11) is 0. The topological polar surface area (TPSA) is 82.2 Å². The zero-order chi connectivity index (χ0) is 21.3. The van der Waals surface area contributed by atoms with E-state index in [0.717, 1.165) is 5.69 Å². The molecule has 7 nitrogen and oxygen atoms in total. The van der Waals surface area contributed by atoms with Gasteiger partial charge in [0.25, 0.3) is 5.91 Å². The summed E-state index contributed by atoms with van der Waals surface area (Å²) >= 11 is 6.18. The Hall–Kier alpha value is -2.94. The standard InChI is InChI=1S/C19H19ClF2N4O3/c1-9-5-6-14(15(7-9)28-19(21)22)23-18(27)17-13(12(4)29-25-17)8-26-11(3)16(20)10(2)24-26/h5-7,19H,8H2,1-4H3,(H,23,27). The van der Waals surface area contributed by atoms with Crippen molar-refractivity contribution < 1.29 is 22.8 Å². The van der Waals surface area contributed by atoms with Crippen LogP contribution in [0.4, 0.5) is 14.5 Å². The van der Waals surface area contributed by atoms with Crippen LogP contribution in [-0.2, 0) is 6.54 Å². The van der Waals surface area contributed by atoms with Gasteiger partial charge in [-0.25, -0.2) is 0 Å². The van der Waals surface area contributed by atoms with Crippen LogP contribution in [0.2, 0.25) is 5.02 Å². The summed E-state index contributed by atoms with van der Waals surface area (Å²) < 4.78 is 36.7. The number of alkyl halides is 2. The number of benzene rings is 1. The van der Waals surface area contributed by atoms with E-state index in [0.29, 0.717) is 27.6 Å². The Labute approximate surface area is 170 Å². The second kappa shape index (κ2) is 8.20. The number of rotatable bonds is 6. The van der Waals surface area contributed by atoms with Crippen molar-refractivity contribution in [2.45, 2.75) is 40.9 Å². The summed E-state index contributed by atoms with van der Waals surface area (Å²) in [6, 6.07) is 4.56. The summed E-state index contributed by atoms with van der Waals surface area (Å²) in [5, 5.41) is 11.3. The molecule has 3 aromatic rings. The number of halogens is 3. The van der Waals surface area contributed by atoms with Crippen molar-refractivity contribution in [1.82, 2.24) is 14.9 Å². The van der Waals surface area contributed by atoms with Crippen molar-refractivity contribution >= 4 is 23.2 Å². The first-order chi connectivity index (χ1) is 13.7. The molecule has 0 aliphatic rings. The quantitative estimate of drug-likeness (QED) is 0.622. The first-order valence-corrected chi connectivity index (χ1v) is 9.06. The van der Waals surface area contributed by atoms with E-state index in [1.807, 2.05) is 6.92 Å². The number of hydrogen-bond donors (Lipinski definition) is 1. The molecule has 0 aliphatic heterocycles. The summed E-state index contributed by atoms with van der Waals surface area (Å²) in [5.74, 6) is -0.320. The van der Waals surface area contributed by atoms with Gasteiger partial charge in [0, 0.05) is 5.56 Å². The maximum absolute atomic E-state index is 12.8. The summed E-state index contributed by atoms with van der Waals surface area (Å²) in [6.07, 6.45) is 0. The van der Waals surface area contributed by atoms with Gasteiger partial charge in [0.05, 0.1) is 28.6 Å². The van der Waals surface area contributed by atoms with E-state index < -0.39 is 12.5 Å². The maximum Gasteiger partial charge on any atom is 0.387 e. The Bertz CT molecular complexity index is 1060. The van der Waals surface area contributed by atoms with Gasteiger partial charge in [0.15, 0.2) is 5.69 Å². The molecule has 0 unspecified atom stereocenters. The lowest BCUT2D eigenvalue weighted by Crippen LogP contribution is -2.17. The van der Waals surface area contributed by atoms with Crippen LogP contribution < -0.4 is 10.1 Å². The van der Waals surface area contributed by atoms with Gasteiger partial charge in [-0.15, -0.1) is 0 Å². The molecule has 0 fully saturated rings. The zero-order valence-electron chi connectivity index (χ0n) is 16.2. The predicted octanol–water partition coefficient (Wildman–Crippen LogP) is 4.66. The third-order valence-corrected chi connectivity index (χ3v) is 4.95. The summed E-state index contributed by atoms with van der Waals surface area (Å²) in [4.78, 5) is 12.8. The number of anilines is 1. The minimum Gasteiger partial charge on any atom is -0.433 e. The Morgan fingerprint density at radius 3 is 2.66 bits per heavy atom. The molecular weight excluding hydrogens is 406 g/mol. The third kappa shape index (κ3) is 4.40. The fourth-order valence-electron chi connectivity index (χ4n) is 2.84. The third-order valence-electron chi connectivity index (χ3n) is 4.40. The van der Waals surface area contributed by atoms with Crippen molar-refractivity contribution in [2.24, 2.45) is 0 Å². The largest absolute Gasteiger partial charge is 0.433 e. The fraction of sp³-hybridized carbons (Fsp3) is 0.316. The molecule has 0 saturated heterocycles. The van der Waals surface area contributed by atoms with Gasteiger partial charge in [-0.05, 0) is 45.4 Å². The Morgan fingerprint density at radius 2 is 2.03 bits per heavy atom. The number of nitrogens with one attached hydrogen (secondary N) is 1. The highest BCUT2D eigenvalue weighted by molar-refractivity contribution is 6.31. The van der Waals surface area contributed by atoms with Gasteiger partial charge in [-0.1, -0.05) is 22.8 Å². The number of nitrogens with zero attached hydrogens (tertiary/aromatic N) is 3. The van der Waals surface area contributed by atoms with Crippen LogP contribution in [0.5, 0.6) is 5.75 Å². The van der Waals surface area contributed by atoms with Crippen molar-refractivity contribution in [3.05, 3.63) is 57.2 Å². The molecule has 0 spiro atoms. The Kier molecular flexibility index (Phi) is 5.88. The van der Waals surface area contributed by atoms with Crippen LogP contribution >= 0.6 is 11.6 Å². The first-order valence-electron chi connectivity index (χ1n) is 8.68. The molecule has 3 rings (SSSR count). The molecule has 29 heavy (non-hydrogen) atoms. The smallest absolute Gasteiger partial charge is 0.387 e. The Morgan fingerprint density at radius 1 is 1.31 bits per heavy atom. The molecule has 2 heterocycles. The number of aromatic nitrogens is 3. The average Bonchev–Trinajstić information content (AvgIpc) is 3.12. The number of carbonyl (C=O) groups excluding carboxylic acids is 1. The van der Waals surface area contributed by atoms with E-state index in [9.17, 15) is 13.6 Å². The molecule has 0 saturated carbocycles. The number of hydrogen-bond acceptors (Lipinski definition) is 5. The highest BCUT2D eigenvalue weighted by Crippen LogP contribution is 2.29. The minimum absolute atomic E-state index is 0.0229. The van der Waals surface area contributed by atoms with E-state index in [2.05, 4.69) is 20.3 Å². The SMILES string of the molecule is Cc1ccc(NC(=O)c2noc(C)c2Cn2nc(C)c(Cl)c2C)c(OC(F)F)c1. The number of aryl methyl sites for hydroxylation is 3. The molecular formula is C19H19ClF2N4O3. The first kappa shape index (κ1) is 20.8. The summed E-state index contributed by atoms with van der Waals surface area (Å²) in [5.41, 5.74) is 2.74. The predicted molar refractivity (Wildman–Crippen MR) is 103 cm³/mol. The number of carbonyl (C=O) groups is 1. The molecule has 1 N–H and O–H groups in total. The van der Waals surface area contributed by atoms with Gasteiger partial charge in [-0.3, -0.25) is 9.48 Å². The minimum atomic E-state index is -3.02. The molecule has 2 aromatic heterocycles. The number of amides is 1. The van der Waals surface area contributed by atoms with E-state index in [1.165, 1.54) is 12.1 Å². The Balaban J connectivity index is 1.89. The lowest BCUT2D eigenvalue weighted by atomic mass is 10.1. The van der Waals surface area contributed by atoms with Gasteiger partial charge in [0.1, 0.15) is 11.5 Å². The van der Waals surface area contributed by atoms with Gasteiger partial charge < -0.3 is 14.6 Å². The normalized spacial score (nSPS) is 11.2. The average molecular weight is 425 g/mol. The summed E-state index contributed by atoms with van der Waals surface area (Å²) in [6.45, 7) is 4.18. The van der Waals surface area contributed by atoms with Gasteiger partial charge in [0.2, 0.25) is 0 Å². The van der Waals surface area contributed by atoms with Gasteiger partial charge in [-0.2, -0.15) is 13.9 Å². The van der Waals surface area contributed by atoms with Crippen LogP contribution in [0.25, 0.3) is 0 Å².